The molecule has 35 heavy (non-hydrogen) atoms. The predicted octanol–water partition coefficient (Wildman–Crippen LogP) is 8.02. The van der Waals surface area contributed by atoms with Crippen molar-refractivity contribution in [2.45, 2.75) is 129 Å². The molecule has 0 amide bonds. The molecule has 2 rings (SSSR count). The second-order valence-corrected chi connectivity index (χ2v) is 10.1. The third kappa shape index (κ3) is 14.9. The SMILES string of the molecule is C=C(C)C(=O)OCCCCCCCCCCCCCCCCCC.O=C1OC(=O)C2CC=CCC12. The van der Waals surface area contributed by atoms with Gasteiger partial charge < -0.3 is 9.47 Å². The van der Waals surface area contributed by atoms with Crippen LogP contribution in [-0.2, 0) is 23.9 Å². The highest BCUT2D eigenvalue weighted by Crippen LogP contribution is 2.32. The Morgan fingerprint density at radius 2 is 1.14 bits per heavy atom. The van der Waals surface area contributed by atoms with Gasteiger partial charge in [0.05, 0.1) is 18.4 Å². The lowest BCUT2D eigenvalue weighted by Crippen LogP contribution is -2.18. The Morgan fingerprint density at radius 3 is 1.51 bits per heavy atom. The minimum Gasteiger partial charge on any atom is -0.462 e. The summed E-state index contributed by atoms with van der Waals surface area (Å²) in [7, 11) is 0. The monoisotopic (exact) mass is 490 g/mol. The van der Waals surface area contributed by atoms with Gasteiger partial charge in [-0.2, -0.15) is 0 Å². The third-order valence-electron chi connectivity index (χ3n) is 6.82. The molecule has 0 saturated carbocycles. The molecule has 2 aliphatic rings. The quantitative estimate of drug-likeness (QED) is 0.0639. The summed E-state index contributed by atoms with van der Waals surface area (Å²) in [5, 5.41) is 0. The number of carbonyl (C=O) groups is 3. The second-order valence-electron chi connectivity index (χ2n) is 10.1. The summed E-state index contributed by atoms with van der Waals surface area (Å²) in [6, 6.07) is 0. The van der Waals surface area contributed by atoms with Gasteiger partial charge in [0.15, 0.2) is 0 Å². The van der Waals surface area contributed by atoms with Crippen molar-refractivity contribution in [1.82, 2.24) is 0 Å². The molecule has 5 nitrogen and oxygen atoms in total. The van der Waals surface area contributed by atoms with Crippen LogP contribution in [0.15, 0.2) is 24.3 Å². The van der Waals surface area contributed by atoms with Gasteiger partial charge in [-0.1, -0.05) is 122 Å². The van der Waals surface area contributed by atoms with E-state index < -0.39 is 0 Å². The first kappa shape index (κ1) is 31.1. The number of unbranched alkanes of at least 4 members (excludes halogenated alkanes) is 15. The molecule has 1 fully saturated rings. The summed E-state index contributed by atoms with van der Waals surface area (Å²) in [5.41, 5.74) is 0.492. The Hall–Kier alpha value is -1.91. The van der Waals surface area contributed by atoms with Crippen LogP contribution in [0.1, 0.15) is 129 Å². The number of rotatable bonds is 18. The van der Waals surface area contributed by atoms with Crippen molar-refractivity contribution in [2.24, 2.45) is 11.8 Å². The van der Waals surface area contributed by atoms with Gasteiger partial charge in [0.25, 0.3) is 0 Å². The Morgan fingerprint density at radius 1 is 0.771 bits per heavy atom. The van der Waals surface area contributed by atoms with Gasteiger partial charge in [0.2, 0.25) is 0 Å². The largest absolute Gasteiger partial charge is 0.462 e. The fourth-order valence-electron chi connectivity index (χ4n) is 4.52. The highest BCUT2D eigenvalue weighted by Gasteiger charge is 2.43. The van der Waals surface area contributed by atoms with Gasteiger partial charge in [0.1, 0.15) is 0 Å². The average molecular weight is 491 g/mol. The zero-order chi connectivity index (χ0) is 25.7. The van der Waals surface area contributed by atoms with E-state index in [2.05, 4.69) is 18.2 Å². The molecule has 0 bridgehead atoms. The maximum Gasteiger partial charge on any atom is 0.333 e. The Kier molecular flexibility index (Phi) is 18.0. The molecule has 1 saturated heterocycles. The van der Waals surface area contributed by atoms with Crippen molar-refractivity contribution >= 4 is 17.9 Å². The average Bonchev–Trinajstić information content (AvgIpc) is 3.14. The molecule has 200 valence electrons. The van der Waals surface area contributed by atoms with Crippen LogP contribution in [0.4, 0.5) is 0 Å². The van der Waals surface area contributed by atoms with E-state index in [1.165, 1.54) is 96.3 Å². The molecule has 0 aromatic rings. The van der Waals surface area contributed by atoms with E-state index in [-0.39, 0.29) is 29.7 Å². The Labute approximate surface area is 214 Å². The number of allylic oxidation sites excluding steroid dienone is 2. The smallest absolute Gasteiger partial charge is 0.333 e. The van der Waals surface area contributed by atoms with E-state index in [1.807, 2.05) is 12.2 Å². The van der Waals surface area contributed by atoms with Crippen molar-refractivity contribution in [3.05, 3.63) is 24.3 Å². The van der Waals surface area contributed by atoms with Crippen LogP contribution in [0.5, 0.6) is 0 Å². The van der Waals surface area contributed by atoms with Crippen molar-refractivity contribution in [3.63, 3.8) is 0 Å². The van der Waals surface area contributed by atoms with Crippen LogP contribution >= 0.6 is 0 Å². The zero-order valence-corrected chi connectivity index (χ0v) is 22.5. The molecular weight excluding hydrogens is 440 g/mol. The van der Waals surface area contributed by atoms with Crippen LogP contribution in [0.3, 0.4) is 0 Å². The standard InChI is InChI=1S/C22H42O2.C8H8O3/c1-4-5-6-7-8-9-10-11-12-13-14-15-16-17-18-19-20-24-22(23)21(2)3;9-7-5-3-1-2-4-6(5)8(10)11-7/h2,4-20H2,1,3H3;1-2,5-6H,3-4H2. The number of fused-ring (bicyclic) bond motifs is 1. The maximum atomic E-state index is 11.2. The van der Waals surface area contributed by atoms with Crippen molar-refractivity contribution in [1.29, 1.82) is 0 Å². The van der Waals surface area contributed by atoms with Crippen LogP contribution in [-0.4, -0.2) is 24.5 Å². The summed E-state index contributed by atoms with van der Waals surface area (Å²) < 4.78 is 9.57. The van der Waals surface area contributed by atoms with Gasteiger partial charge in [-0.15, -0.1) is 0 Å². The number of carbonyl (C=O) groups excluding carboxylic acids is 3. The molecule has 1 aliphatic heterocycles. The first-order valence-electron chi connectivity index (χ1n) is 14.2. The molecule has 1 aliphatic carbocycles. The normalized spacial score (nSPS) is 18.5. The van der Waals surface area contributed by atoms with Gasteiger partial charge in [-0.05, 0) is 26.2 Å². The van der Waals surface area contributed by atoms with Gasteiger partial charge in [-0.3, -0.25) is 9.59 Å². The van der Waals surface area contributed by atoms with Crippen molar-refractivity contribution in [3.8, 4) is 0 Å². The number of esters is 3. The molecule has 0 aromatic heterocycles. The molecule has 0 radical (unpaired) electrons. The molecule has 0 aromatic carbocycles. The van der Waals surface area contributed by atoms with Crippen LogP contribution in [0.2, 0.25) is 0 Å². The highest BCUT2D eigenvalue weighted by molar-refractivity contribution is 5.96. The second kappa shape index (κ2) is 20.3. The van der Waals surface area contributed by atoms with E-state index in [4.69, 9.17) is 4.74 Å². The fourth-order valence-corrected chi connectivity index (χ4v) is 4.52. The maximum absolute atomic E-state index is 11.2. The molecule has 1 heterocycles. The first-order chi connectivity index (χ1) is 17.0. The minimum atomic E-state index is -0.343. The number of hydrogen-bond acceptors (Lipinski definition) is 5. The summed E-state index contributed by atoms with van der Waals surface area (Å²) in [5.74, 6) is -1.32. The summed E-state index contributed by atoms with van der Waals surface area (Å²) in [6.07, 6.45) is 26.9. The number of cyclic esters (lactones) is 2. The minimum absolute atomic E-state index is 0.188. The first-order valence-corrected chi connectivity index (χ1v) is 14.2. The molecule has 0 N–H and O–H groups in total. The predicted molar refractivity (Wildman–Crippen MR) is 142 cm³/mol. The van der Waals surface area contributed by atoms with Crippen molar-refractivity contribution < 1.29 is 23.9 Å². The summed E-state index contributed by atoms with van der Waals surface area (Å²) in [4.78, 5) is 33.1. The zero-order valence-electron chi connectivity index (χ0n) is 22.5. The van der Waals surface area contributed by atoms with Gasteiger partial charge in [0, 0.05) is 5.57 Å². The summed E-state index contributed by atoms with van der Waals surface area (Å²) in [6.45, 7) is 8.09. The third-order valence-corrected chi connectivity index (χ3v) is 6.82. The molecule has 0 spiro atoms. The lowest BCUT2D eigenvalue weighted by atomic mass is 9.85. The lowest BCUT2D eigenvalue weighted by molar-refractivity contribution is -0.153. The molecule has 5 heteroatoms. The van der Waals surface area contributed by atoms with Gasteiger partial charge >= 0.3 is 17.9 Å². The fraction of sp³-hybridized carbons (Fsp3) is 0.767. The van der Waals surface area contributed by atoms with E-state index in [0.29, 0.717) is 25.0 Å². The van der Waals surface area contributed by atoms with E-state index in [1.54, 1.807) is 6.92 Å². The molecule has 2 atom stereocenters. The summed E-state index contributed by atoms with van der Waals surface area (Å²) >= 11 is 0. The highest BCUT2D eigenvalue weighted by atomic mass is 16.6. The van der Waals surface area contributed by atoms with Crippen LogP contribution in [0.25, 0.3) is 0 Å². The number of ether oxygens (including phenoxy) is 2. The molecule has 2 unspecified atom stereocenters. The van der Waals surface area contributed by atoms with E-state index in [0.717, 1.165) is 6.42 Å². The van der Waals surface area contributed by atoms with E-state index >= 15 is 0 Å². The number of hydrogen-bond donors (Lipinski definition) is 0. The van der Waals surface area contributed by atoms with Crippen molar-refractivity contribution in [2.75, 3.05) is 6.61 Å². The Balaban J connectivity index is 0.000000453. The molecular formula is C30H50O5. The van der Waals surface area contributed by atoms with Crippen LogP contribution < -0.4 is 0 Å². The van der Waals surface area contributed by atoms with E-state index in [9.17, 15) is 14.4 Å². The Bertz CT molecular complexity index is 627. The van der Waals surface area contributed by atoms with Gasteiger partial charge in [-0.25, -0.2) is 4.79 Å². The topological polar surface area (TPSA) is 69.7 Å². The lowest BCUT2D eigenvalue weighted by Gasteiger charge is -2.12. The van der Waals surface area contributed by atoms with Crippen LogP contribution in [0, 0.1) is 11.8 Å².